The number of benzene rings is 1. The zero-order valence-electron chi connectivity index (χ0n) is 15.7. The number of aromatic nitrogens is 1. The Balaban J connectivity index is 1.84. The Bertz CT molecular complexity index is 915. The van der Waals surface area contributed by atoms with Crippen LogP contribution in [0.25, 0.3) is 0 Å². The first-order chi connectivity index (χ1) is 13.2. The highest BCUT2D eigenvalue weighted by atomic mass is 32.2. The van der Waals surface area contributed by atoms with Crippen LogP contribution in [-0.4, -0.2) is 43.7 Å². The molecule has 1 aromatic carbocycles. The maximum absolute atomic E-state index is 14.9. The van der Waals surface area contributed by atoms with Gasteiger partial charge in [-0.15, -0.1) is 0 Å². The summed E-state index contributed by atoms with van der Waals surface area (Å²) in [6.45, 7) is 2.42. The molecule has 10 heteroatoms. The lowest BCUT2D eigenvalue weighted by molar-refractivity contribution is -0.0821. The van der Waals surface area contributed by atoms with Crippen LogP contribution >= 0.6 is 0 Å². The molecule has 1 saturated heterocycles. The highest BCUT2D eigenvalue weighted by molar-refractivity contribution is 7.88. The second kappa shape index (κ2) is 8.24. The monoisotopic (exact) mass is 415 g/mol. The van der Waals surface area contributed by atoms with Crippen LogP contribution in [0.3, 0.4) is 0 Å². The van der Waals surface area contributed by atoms with Gasteiger partial charge >= 0.3 is 0 Å². The summed E-state index contributed by atoms with van der Waals surface area (Å²) in [6.07, 6.45) is 4.55. The number of halogens is 2. The van der Waals surface area contributed by atoms with E-state index in [0.29, 0.717) is 12.3 Å². The van der Waals surface area contributed by atoms with Gasteiger partial charge < -0.3 is 9.15 Å². The normalized spacial score (nSPS) is 16.3. The molecule has 0 aliphatic carbocycles. The predicted octanol–water partition coefficient (Wildman–Crippen LogP) is 2.14. The number of ether oxygens (including phenoxy) is 1. The maximum atomic E-state index is 14.9. The van der Waals surface area contributed by atoms with E-state index in [2.05, 4.69) is 10.3 Å². The van der Waals surface area contributed by atoms with Crippen molar-refractivity contribution in [3.63, 3.8) is 0 Å². The minimum absolute atomic E-state index is 0.0109. The Morgan fingerprint density at radius 2 is 2.04 bits per heavy atom. The van der Waals surface area contributed by atoms with Crippen molar-refractivity contribution in [1.82, 2.24) is 14.6 Å². The van der Waals surface area contributed by atoms with Crippen LogP contribution in [0.15, 0.2) is 29.0 Å². The van der Waals surface area contributed by atoms with Crippen molar-refractivity contribution in [3.8, 4) is 0 Å². The van der Waals surface area contributed by atoms with Gasteiger partial charge in [-0.05, 0) is 18.6 Å². The fraction of sp³-hybridized carbons (Fsp3) is 0.500. The second-order valence-corrected chi connectivity index (χ2v) is 8.86. The molecule has 28 heavy (non-hydrogen) atoms. The van der Waals surface area contributed by atoms with E-state index in [-0.39, 0.29) is 44.0 Å². The lowest BCUT2D eigenvalue weighted by Gasteiger charge is -2.42. The predicted molar refractivity (Wildman–Crippen MR) is 97.7 cm³/mol. The van der Waals surface area contributed by atoms with Crippen molar-refractivity contribution >= 4 is 10.0 Å². The maximum Gasteiger partial charge on any atom is 0.211 e. The van der Waals surface area contributed by atoms with Gasteiger partial charge in [0.2, 0.25) is 15.9 Å². The van der Waals surface area contributed by atoms with Crippen molar-refractivity contribution in [2.24, 2.45) is 0 Å². The van der Waals surface area contributed by atoms with Gasteiger partial charge in [-0.2, -0.15) is 4.31 Å². The molecule has 1 aliphatic rings. The molecule has 1 aliphatic heterocycles. The van der Waals surface area contributed by atoms with Gasteiger partial charge in [0.1, 0.15) is 17.9 Å². The third-order valence-corrected chi connectivity index (χ3v) is 5.95. The smallest absolute Gasteiger partial charge is 0.211 e. The number of oxazole rings is 1. The van der Waals surface area contributed by atoms with Gasteiger partial charge in [-0.25, -0.2) is 22.2 Å². The van der Waals surface area contributed by atoms with Gasteiger partial charge in [-0.3, -0.25) is 5.32 Å². The molecule has 0 unspecified atom stereocenters. The Morgan fingerprint density at radius 1 is 1.29 bits per heavy atom. The van der Waals surface area contributed by atoms with E-state index in [1.54, 1.807) is 0 Å². The molecule has 1 fully saturated rings. The third-order valence-electron chi connectivity index (χ3n) is 4.70. The number of nitrogens with one attached hydrogen (secondary N) is 1. The van der Waals surface area contributed by atoms with Crippen molar-refractivity contribution < 1.29 is 26.4 Å². The molecule has 1 aromatic heterocycles. The van der Waals surface area contributed by atoms with E-state index in [9.17, 15) is 17.2 Å². The van der Waals surface area contributed by atoms with Crippen molar-refractivity contribution in [1.29, 1.82) is 0 Å². The molecule has 3 rings (SSSR count). The Hall–Kier alpha value is -1.88. The standard InChI is InChI=1S/C18H23F2N3O4S/c1-3-5-23(28(2,24)25)10-13-7-16(20)14(8-15(13)19)18(11-26-12-18)22-9-17-21-4-6-27-17/h4,6-8,22H,3,5,9-12H2,1-2H3. The number of hydrogen-bond donors (Lipinski definition) is 1. The van der Waals surface area contributed by atoms with E-state index >= 15 is 0 Å². The average molecular weight is 415 g/mol. The lowest BCUT2D eigenvalue weighted by atomic mass is 9.86. The fourth-order valence-corrected chi connectivity index (χ4v) is 4.01. The van der Waals surface area contributed by atoms with E-state index in [4.69, 9.17) is 9.15 Å². The first kappa shape index (κ1) is 20.8. The Morgan fingerprint density at radius 3 is 2.57 bits per heavy atom. The lowest BCUT2D eigenvalue weighted by Crippen LogP contribution is -2.57. The average Bonchev–Trinajstić information content (AvgIpc) is 3.10. The zero-order valence-corrected chi connectivity index (χ0v) is 16.6. The van der Waals surface area contributed by atoms with E-state index in [0.717, 1.165) is 22.7 Å². The largest absolute Gasteiger partial charge is 0.448 e. The second-order valence-electron chi connectivity index (χ2n) is 6.87. The van der Waals surface area contributed by atoms with Crippen molar-refractivity contribution in [3.05, 3.63) is 53.2 Å². The van der Waals surface area contributed by atoms with Crippen LogP contribution in [-0.2, 0) is 33.4 Å². The molecular weight excluding hydrogens is 392 g/mol. The molecule has 154 valence electrons. The Labute approximate surface area is 162 Å². The van der Waals surface area contributed by atoms with Crippen LogP contribution in [0.4, 0.5) is 8.78 Å². The summed E-state index contributed by atoms with van der Waals surface area (Å²) in [5.41, 5.74) is -0.770. The number of nitrogens with zero attached hydrogens (tertiary/aromatic N) is 2. The minimum Gasteiger partial charge on any atom is -0.448 e. The summed E-state index contributed by atoms with van der Waals surface area (Å²) in [5.74, 6) is -0.859. The molecule has 2 heterocycles. The zero-order chi connectivity index (χ0) is 20.4. The molecule has 0 saturated carbocycles. The van der Waals surface area contributed by atoms with Crippen LogP contribution < -0.4 is 5.32 Å². The highest BCUT2D eigenvalue weighted by Gasteiger charge is 2.42. The summed E-state index contributed by atoms with van der Waals surface area (Å²) in [4.78, 5) is 4.00. The fourth-order valence-electron chi connectivity index (χ4n) is 3.12. The quantitative estimate of drug-likeness (QED) is 0.676. The summed E-state index contributed by atoms with van der Waals surface area (Å²) >= 11 is 0. The number of hydrogen-bond acceptors (Lipinski definition) is 6. The molecular formula is C18H23F2N3O4S. The van der Waals surface area contributed by atoms with Crippen molar-refractivity contribution in [2.45, 2.75) is 32.0 Å². The minimum atomic E-state index is -3.53. The molecule has 0 bridgehead atoms. The van der Waals surface area contributed by atoms with Gasteiger partial charge in [0.25, 0.3) is 0 Å². The van der Waals surface area contributed by atoms with Gasteiger partial charge in [0.05, 0.1) is 37.8 Å². The summed E-state index contributed by atoms with van der Waals surface area (Å²) < 4.78 is 64.9. The first-order valence-corrected chi connectivity index (χ1v) is 10.7. The van der Waals surface area contributed by atoms with Crippen LogP contribution in [0.5, 0.6) is 0 Å². The SMILES string of the molecule is CCCN(Cc1cc(F)c(C2(NCc3ncco3)COC2)cc1F)S(C)(=O)=O. The first-order valence-electron chi connectivity index (χ1n) is 8.90. The van der Waals surface area contributed by atoms with E-state index in [1.165, 1.54) is 12.5 Å². The molecule has 7 nitrogen and oxygen atoms in total. The molecule has 0 spiro atoms. The van der Waals surface area contributed by atoms with Crippen LogP contribution in [0, 0.1) is 11.6 Å². The van der Waals surface area contributed by atoms with Gasteiger partial charge in [-0.1, -0.05) is 6.92 Å². The van der Waals surface area contributed by atoms with Crippen LogP contribution in [0.1, 0.15) is 30.4 Å². The molecule has 2 aromatic rings. The molecule has 0 radical (unpaired) electrons. The van der Waals surface area contributed by atoms with Gasteiger partial charge in [0.15, 0.2) is 0 Å². The summed E-state index contributed by atoms with van der Waals surface area (Å²) in [5, 5.41) is 3.13. The topological polar surface area (TPSA) is 84.7 Å². The highest BCUT2D eigenvalue weighted by Crippen LogP contribution is 2.33. The number of sulfonamides is 1. The van der Waals surface area contributed by atoms with Gasteiger partial charge in [0, 0.05) is 24.2 Å². The Kier molecular flexibility index (Phi) is 6.13. The molecule has 1 N–H and O–H groups in total. The summed E-state index contributed by atoms with van der Waals surface area (Å²) in [6, 6.07) is 2.17. The molecule has 0 atom stereocenters. The number of rotatable bonds is 9. The summed E-state index contributed by atoms with van der Waals surface area (Å²) in [7, 11) is -3.53. The van der Waals surface area contributed by atoms with Crippen LogP contribution in [0.2, 0.25) is 0 Å². The van der Waals surface area contributed by atoms with E-state index < -0.39 is 27.2 Å². The van der Waals surface area contributed by atoms with E-state index in [1.807, 2.05) is 6.92 Å². The molecule has 0 amide bonds. The van der Waals surface area contributed by atoms with Crippen molar-refractivity contribution in [2.75, 3.05) is 26.0 Å². The third kappa shape index (κ3) is 4.40.